The Bertz CT molecular complexity index is 861. The normalized spacial score (nSPS) is 14.7. The number of hydrogen-bond acceptors (Lipinski definition) is 3. The van der Waals surface area contributed by atoms with Gasteiger partial charge in [-0.2, -0.15) is 0 Å². The fourth-order valence-corrected chi connectivity index (χ4v) is 4.39. The molecule has 1 atom stereocenters. The minimum absolute atomic E-state index is 0.0418. The number of aryl methyl sites for hydroxylation is 1. The van der Waals surface area contributed by atoms with Crippen molar-refractivity contribution in [2.75, 3.05) is 18.0 Å². The van der Waals surface area contributed by atoms with Crippen molar-refractivity contribution in [3.63, 3.8) is 0 Å². The maximum absolute atomic E-state index is 12.9. The molecule has 0 spiro atoms. The molecule has 4 heteroatoms. The van der Waals surface area contributed by atoms with Crippen LogP contribution in [0.1, 0.15) is 28.5 Å². The third-order valence-corrected chi connectivity index (χ3v) is 5.77. The van der Waals surface area contributed by atoms with Crippen LogP contribution in [0.25, 0.3) is 0 Å². The average Bonchev–Trinajstić information content (AvgIpc) is 3.23. The number of para-hydroxylation sites is 1. The summed E-state index contributed by atoms with van der Waals surface area (Å²) in [5.74, 6) is 0.134. The molecule has 132 valence electrons. The van der Waals surface area contributed by atoms with Gasteiger partial charge in [0.15, 0.2) is 0 Å². The van der Waals surface area contributed by atoms with Crippen LogP contribution in [0.3, 0.4) is 0 Å². The number of nitrogens with zero attached hydrogens (tertiary/aromatic N) is 1. The highest BCUT2D eigenvalue weighted by molar-refractivity contribution is 7.10. The van der Waals surface area contributed by atoms with Crippen LogP contribution in [0.5, 0.6) is 0 Å². The zero-order chi connectivity index (χ0) is 17.8. The van der Waals surface area contributed by atoms with Crippen molar-refractivity contribution in [1.29, 1.82) is 0 Å². The Morgan fingerprint density at radius 3 is 2.65 bits per heavy atom. The number of carbonyl (C=O) groups excluding carboxylic acids is 1. The van der Waals surface area contributed by atoms with E-state index in [2.05, 4.69) is 47.1 Å². The number of benzene rings is 2. The van der Waals surface area contributed by atoms with Gasteiger partial charge in [0.25, 0.3) is 0 Å². The number of nitrogens with one attached hydrogen (secondary N) is 1. The van der Waals surface area contributed by atoms with E-state index < -0.39 is 0 Å². The fourth-order valence-electron chi connectivity index (χ4n) is 3.56. The van der Waals surface area contributed by atoms with Crippen LogP contribution in [-0.4, -0.2) is 19.0 Å². The molecule has 1 aliphatic rings. The monoisotopic (exact) mass is 362 g/mol. The molecule has 1 N–H and O–H groups in total. The van der Waals surface area contributed by atoms with Crippen molar-refractivity contribution in [2.45, 2.75) is 18.9 Å². The highest BCUT2D eigenvalue weighted by atomic mass is 32.1. The molecule has 4 rings (SSSR count). The van der Waals surface area contributed by atoms with Crippen molar-refractivity contribution in [2.24, 2.45) is 0 Å². The van der Waals surface area contributed by atoms with Crippen LogP contribution in [-0.2, 0) is 11.2 Å². The Morgan fingerprint density at radius 1 is 1.04 bits per heavy atom. The first kappa shape index (κ1) is 17.0. The highest BCUT2D eigenvalue weighted by Gasteiger charge is 2.23. The summed E-state index contributed by atoms with van der Waals surface area (Å²) in [6, 6.07) is 22.8. The van der Waals surface area contributed by atoms with E-state index in [1.165, 1.54) is 16.0 Å². The number of carbonyl (C=O) groups is 1. The zero-order valence-electron chi connectivity index (χ0n) is 14.6. The second-order valence-electron chi connectivity index (χ2n) is 6.52. The standard InChI is InChI=1S/C22H22N2OS/c25-21(24-14-6-11-17-8-4-5-12-19(17)24)16-23-22(20-13-7-15-26-20)18-9-2-1-3-10-18/h1-5,7-10,12-13,15,22-23H,6,11,14,16H2/t22-/m0/s1. The minimum Gasteiger partial charge on any atom is -0.311 e. The van der Waals surface area contributed by atoms with Gasteiger partial charge in [-0.15, -0.1) is 11.3 Å². The van der Waals surface area contributed by atoms with Crippen molar-refractivity contribution in [1.82, 2.24) is 5.32 Å². The molecule has 0 radical (unpaired) electrons. The average molecular weight is 362 g/mol. The number of hydrogen-bond donors (Lipinski definition) is 1. The van der Waals surface area contributed by atoms with Gasteiger partial charge in [0.1, 0.15) is 0 Å². The zero-order valence-corrected chi connectivity index (χ0v) is 15.4. The second-order valence-corrected chi connectivity index (χ2v) is 7.50. The molecule has 0 saturated heterocycles. The molecule has 2 heterocycles. The lowest BCUT2D eigenvalue weighted by Gasteiger charge is -2.30. The highest BCUT2D eigenvalue weighted by Crippen LogP contribution is 2.28. The lowest BCUT2D eigenvalue weighted by atomic mass is 10.0. The quantitative estimate of drug-likeness (QED) is 0.729. The summed E-state index contributed by atoms with van der Waals surface area (Å²) in [6.45, 7) is 1.12. The second kappa shape index (κ2) is 7.85. The third kappa shape index (κ3) is 3.57. The first-order chi connectivity index (χ1) is 12.8. The molecule has 1 aromatic heterocycles. The molecular weight excluding hydrogens is 340 g/mol. The SMILES string of the molecule is O=C(CN[C@@H](c1ccccc1)c1cccs1)N1CCCc2ccccc21. The van der Waals surface area contributed by atoms with Crippen molar-refractivity contribution >= 4 is 22.9 Å². The summed E-state index contributed by atoms with van der Waals surface area (Å²) in [5.41, 5.74) is 3.52. The summed E-state index contributed by atoms with van der Waals surface area (Å²) >= 11 is 1.71. The smallest absolute Gasteiger partial charge is 0.240 e. The molecule has 2 aromatic carbocycles. The molecule has 0 unspecified atom stereocenters. The molecule has 3 aromatic rings. The predicted octanol–water partition coefficient (Wildman–Crippen LogP) is 4.41. The lowest BCUT2D eigenvalue weighted by Crippen LogP contribution is -2.42. The van der Waals surface area contributed by atoms with Gasteiger partial charge in [-0.3, -0.25) is 10.1 Å². The number of anilines is 1. The van der Waals surface area contributed by atoms with Crippen LogP contribution >= 0.6 is 11.3 Å². The lowest BCUT2D eigenvalue weighted by molar-refractivity contribution is -0.118. The molecule has 26 heavy (non-hydrogen) atoms. The topological polar surface area (TPSA) is 32.3 Å². The van der Waals surface area contributed by atoms with E-state index in [0.29, 0.717) is 6.54 Å². The summed E-state index contributed by atoms with van der Waals surface area (Å²) in [5, 5.41) is 5.56. The third-order valence-electron chi connectivity index (χ3n) is 4.83. The molecule has 1 aliphatic heterocycles. The minimum atomic E-state index is 0.0418. The van der Waals surface area contributed by atoms with Gasteiger partial charge >= 0.3 is 0 Å². The van der Waals surface area contributed by atoms with E-state index in [1.807, 2.05) is 35.2 Å². The van der Waals surface area contributed by atoms with Crippen LogP contribution in [0.2, 0.25) is 0 Å². The van der Waals surface area contributed by atoms with Crippen LogP contribution < -0.4 is 10.2 Å². The van der Waals surface area contributed by atoms with Gasteiger partial charge in [0.2, 0.25) is 5.91 Å². The Hall–Kier alpha value is -2.43. The van der Waals surface area contributed by atoms with Gasteiger partial charge in [-0.1, -0.05) is 54.6 Å². The van der Waals surface area contributed by atoms with Gasteiger partial charge < -0.3 is 4.90 Å². The van der Waals surface area contributed by atoms with Crippen LogP contribution in [0.4, 0.5) is 5.69 Å². The van der Waals surface area contributed by atoms with E-state index in [9.17, 15) is 4.79 Å². The van der Waals surface area contributed by atoms with Gasteiger partial charge in [0.05, 0.1) is 12.6 Å². The molecule has 0 bridgehead atoms. The fraction of sp³-hybridized carbons (Fsp3) is 0.227. The predicted molar refractivity (Wildman–Crippen MR) is 108 cm³/mol. The van der Waals surface area contributed by atoms with E-state index in [-0.39, 0.29) is 11.9 Å². The summed E-state index contributed by atoms with van der Waals surface area (Å²) < 4.78 is 0. The maximum Gasteiger partial charge on any atom is 0.240 e. The molecule has 0 aliphatic carbocycles. The largest absolute Gasteiger partial charge is 0.311 e. The van der Waals surface area contributed by atoms with Crippen LogP contribution in [0.15, 0.2) is 72.1 Å². The van der Waals surface area contributed by atoms with Crippen LogP contribution in [0, 0.1) is 0 Å². The Labute approximate surface area is 158 Å². The maximum atomic E-state index is 12.9. The van der Waals surface area contributed by atoms with Gasteiger partial charge in [0, 0.05) is 17.1 Å². The molecule has 0 saturated carbocycles. The molecule has 3 nitrogen and oxygen atoms in total. The molecule has 1 amide bonds. The summed E-state index contributed by atoms with van der Waals surface area (Å²) in [7, 11) is 0. The van der Waals surface area contributed by atoms with E-state index in [4.69, 9.17) is 0 Å². The summed E-state index contributed by atoms with van der Waals surface area (Å²) in [4.78, 5) is 16.1. The van der Waals surface area contributed by atoms with Crippen molar-refractivity contribution in [3.8, 4) is 0 Å². The Morgan fingerprint density at radius 2 is 1.85 bits per heavy atom. The first-order valence-electron chi connectivity index (χ1n) is 9.03. The van der Waals surface area contributed by atoms with Gasteiger partial charge in [-0.05, 0) is 41.5 Å². The van der Waals surface area contributed by atoms with E-state index in [0.717, 1.165) is 25.1 Å². The molecule has 0 fully saturated rings. The Balaban J connectivity index is 1.51. The molecular formula is C22H22N2OS. The van der Waals surface area contributed by atoms with E-state index >= 15 is 0 Å². The van der Waals surface area contributed by atoms with Gasteiger partial charge in [-0.25, -0.2) is 0 Å². The Kier molecular flexibility index (Phi) is 5.14. The first-order valence-corrected chi connectivity index (χ1v) is 9.91. The summed E-state index contributed by atoms with van der Waals surface area (Å²) in [6.07, 6.45) is 2.07. The van der Waals surface area contributed by atoms with Crippen molar-refractivity contribution < 1.29 is 4.79 Å². The number of fused-ring (bicyclic) bond motifs is 1. The number of amides is 1. The number of rotatable bonds is 5. The van der Waals surface area contributed by atoms with E-state index in [1.54, 1.807) is 11.3 Å². The number of thiophene rings is 1. The van der Waals surface area contributed by atoms with Crippen molar-refractivity contribution in [3.05, 3.63) is 88.1 Å².